The maximum Gasteiger partial charge on any atom is 1.00 e. The van der Waals surface area contributed by atoms with E-state index in [0.717, 1.165) is 0 Å². The fourth-order valence-electron chi connectivity index (χ4n) is 2.44. The Morgan fingerprint density at radius 2 is 1.65 bits per heavy atom. The summed E-state index contributed by atoms with van der Waals surface area (Å²) in [5.41, 5.74) is 6.44. The van der Waals surface area contributed by atoms with E-state index in [1.807, 2.05) is 0 Å². The van der Waals surface area contributed by atoms with E-state index in [0.29, 0.717) is 11.2 Å². The van der Waals surface area contributed by atoms with Crippen LogP contribution in [-0.4, -0.2) is 74.4 Å². The van der Waals surface area contributed by atoms with Crippen molar-refractivity contribution in [3.63, 3.8) is 0 Å². The van der Waals surface area contributed by atoms with E-state index in [9.17, 15) is 33.7 Å². The molecule has 24 heteroatoms. The summed E-state index contributed by atoms with van der Waals surface area (Å²) in [4.78, 5) is 55.4. The predicted molar refractivity (Wildman–Crippen MR) is 94.4 cm³/mol. The minimum absolute atomic E-state index is 0. The van der Waals surface area contributed by atoms with E-state index in [-0.39, 0.29) is 109 Å². The first kappa shape index (κ1) is 35.9. The van der Waals surface area contributed by atoms with Crippen LogP contribution in [0.2, 0.25) is 0 Å². The molecule has 0 spiro atoms. The van der Waals surface area contributed by atoms with Gasteiger partial charge in [0, 0.05) is 0 Å². The molecule has 1 aliphatic rings. The van der Waals surface area contributed by atoms with Crippen molar-refractivity contribution in [2.75, 3.05) is 12.3 Å². The average Bonchev–Trinajstić information content (AvgIpc) is 3.14. The molecule has 3 rings (SSSR count). The molecular weight excluding hydrogens is 585 g/mol. The molecule has 1 aliphatic heterocycles. The summed E-state index contributed by atoms with van der Waals surface area (Å²) in [6.45, 7) is -0.390. The van der Waals surface area contributed by atoms with Gasteiger partial charge in [0.1, 0.15) is 30.2 Å². The van der Waals surface area contributed by atoms with Gasteiger partial charge in [-0.2, -0.15) is 4.31 Å². The third kappa shape index (κ3) is 10.6. The van der Waals surface area contributed by atoms with Gasteiger partial charge in [-0.3, -0.25) is 8.88 Å². The molecule has 182 valence electrons. The van der Waals surface area contributed by atoms with Crippen molar-refractivity contribution in [2.24, 2.45) is 0 Å². The second-order valence-corrected chi connectivity index (χ2v) is 10.0. The van der Waals surface area contributed by atoms with Gasteiger partial charge in [-0.15, -0.1) is 0 Å². The van der Waals surface area contributed by atoms with Crippen molar-refractivity contribution in [2.45, 2.75) is 24.5 Å². The van der Waals surface area contributed by atoms with E-state index in [2.05, 4.69) is 23.6 Å². The summed E-state index contributed by atoms with van der Waals surface area (Å²) in [6, 6.07) is 0. The minimum Gasteiger partial charge on any atom is -0.789 e. The van der Waals surface area contributed by atoms with Gasteiger partial charge in [-0.05, 0) is 0 Å². The van der Waals surface area contributed by atoms with E-state index in [1.165, 1.54) is 17.2 Å². The van der Waals surface area contributed by atoms with Gasteiger partial charge >= 0.3 is 118 Å². The maximum atomic E-state index is 10.3. The van der Waals surface area contributed by atoms with E-state index >= 15 is 0 Å². The summed E-state index contributed by atoms with van der Waals surface area (Å²) >= 11 is 0. The van der Waals surface area contributed by atoms with E-state index in [1.54, 1.807) is 0 Å². The number of aromatic nitrogens is 4. The van der Waals surface area contributed by atoms with Crippen molar-refractivity contribution < 1.29 is 170 Å². The average molecular weight is 601 g/mol. The van der Waals surface area contributed by atoms with Crippen LogP contribution >= 0.6 is 23.5 Å². The van der Waals surface area contributed by atoms with Crippen LogP contribution in [0.1, 0.15) is 6.23 Å². The number of aliphatic hydroxyl groups is 3. The number of nitrogens with two attached hydrogens (primary N) is 1. The van der Waals surface area contributed by atoms with Gasteiger partial charge in [0.2, 0.25) is 0 Å². The number of nitrogen functional groups attached to an aromatic ring is 1. The Bertz CT molecular complexity index is 1070. The Labute approximate surface area is 275 Å². The summed E-state index contributed by atoms with van der Waals surface area (Å²) in [6.07, 6.45) is -1.42. The summed E-state index contributed by atoms with van der Waals surface area (Å²) < 4.78 is 42.6. The molecule has 2 aromatic rings. The summed E-state index contributed by atoms with van der Waals surface area (Å²) in [5, 5.41) is 28.7. The molecule has 34 heavy (non-hydrogen) atoms. The van der Waals surface area contributed by atoms with Crippen LogP contribution in [-0.2, 0) is 27.1 Å². The van der Waals surface area contributed by atoms with Crippen molar-refractivity contribution >= 4 is 40.4 Å². The predicted octanol–water partition coefficient (Wildman–Crippen LogP) is -9.93. The molecule has 8 N–H and O–H groups in total. The third-order valence-corrected chi connectivity index (χ3v) is 6.89. The number of fused-ring (bicyclic) bond motifs is 1. The van der Waals surface area contributed by atoms with E-state index in [4.69, 9.17) is 30.3 Å². The van der Waals surface area contributed by atoms with Crippen LogP contribution in [0.25, 0.3) is 11.2 Å². The van der Waals surface area contributed by atoms with Crippen LogP contribution < -0.4 is 118 Å². The van der Waals surface area contributed by atoms with Gasteiger partial charge in [-0.25, -0.2) is 24.1 Å². The number of hydrogen-bond donors (Lipinski definition) is 7. The van der Waals surface area contributed by atoms with Crippen LogP contribution in [0.3, 0.4) is 0 Å². The van der Waals surface area contributed by atoms with Gasteiger partial charge < -0.3 is 54.8 Å². The molecule has 19 nitrogen and oxygen atoms in total. The van der Waals surface area contributed by atoms with Crippen LogP contribution in [0.4, 0.5) is 5.82 Å². The molecule has 0 bridgehead atoms. The van der Waals surface area contributed by atoms with Gasteiger partial charge in [-0.1, -0.05) is 0 Å². The molecule has 1 unspecified atom stereocenters. The standard InChI is InChI=1S/C10H13N5O4.2K.H5O10P3/c11-8-5-9(13-2-12-8)15(3-14-5)10-7(18)6(17)4(1-16)19-10;;;1-11(2,3)9-13(7,8)10-12(4,5)6/h2-4,6-7,10,16-18H,1H2,(H2,11,12,13);;;(H,7,8)(H2,1,2,3)(H2,4,5,6)/q;2*+1;/p-2/t4-,6-,7-,10-;;;/m1.../s1. The molecule has 1 fully saturated rings. The fraction of sp³-hybridized carbons (Fsp3) is 0.500. The number of nitrogens with zero attached hydrogens (tertiary/aromatic N) is 4. The zero-order valence-corrected chi connectivity index (χ0v) is 26.3. The summed E-state index contributed by atoms with van der Waals surface area (Å²) in [5.74, 6) is 0.218. The first-order chi connectivity index (χ1) is 14.5. The number of aliphatic hydroxyl groups excluding tert-OH is 3. The SMILES string of the molecule is Nc1ncnc2c1ncn2[C@@H]1O[C@H](CO)[C@@H](O)[C@H]1O.O=P([O-])([O-])OP(=O)(O)OP(=O)(O)O.[K+].[K+]. The molecule has 0 saturated carbocycles. The molecule has 0 amide bonds. The molecule has 5 atom stereocenters. The molecule has 0 radical (unpaired) electrons. The Balaban J connectivity index is 0.000000651. The molecule has 2 aromatic heterocycles. The Morgan fingerprint density at radius 1 is 1.06 bits per heavy atom. The summed E-state index contributed by atoms with van der Waals surface area (Å²) in [7, 11) is -16.9. The molecular formula is C10H16K2N5O14P3. The number of anilines is 1. The van der Waals surface area contributed by atoms with Gasteiger partial charge in [0.25, 0.3) is 0 Å². The van der Waals surface area contributed by atoms with Crippen molar-refractivity contribution in [3.05, 3.63) is 12.7 Å². The first-order valence-corrected chi connectivity index (χ1v) is 12.4. The quantitative estimate of drug-likeness (QED) is 0.119. The molecule has 1 saturated heterocycles. The number of hydrogen-bond acceptors (Lipinski definition) is 15. The fourth-order valence-corrected chi connectivity index (χ4v) is 4.92. The number of phosphoric acid groups is 3. The molecule has 3 heterocycles. The molecule has 0 aromatic carbocycles. The smallest absolute Gasteiger partial charge is 0.789 e. The second-order valence-electron chi connectivity index (χ2n) is 5.88. The Hall–Kier alpha value is 1.87. The number of imidazole rings is 1. The normalized spacial score (nSPS) is 24.4. The second kappa shape index (κ2) is 14.3. The largest absolute Gasteiger partial charge is 1.00 e. The Kier molecular flexibility index (Phi) is 15.1. The molecule has 0 aliphatic carbocycles. The van der Waals surface area contributed by atoms with Crippen molar-refractivity contribution in [3.8, 4) is 0 Å². The first-order valence-electron chi connectivity index (χ1n) is 7.93. The van der Waals surface area contributed by atoms with E-state index < -0.39 is 54.6 Å². The van der Waals surface area contributed by atoms with Gasteiger partial charge in [0.15, 0.2) is 17.7 Å². The number of ether oxygens (including phenoxy) is 1. The van der Waals surface area contributed by atoms with Crippen molar-refractivity contribution in [1.29, 1.82) is 0 Å². The van der Waals surface area contributed by atoms with Crippen LogP contribution in [0.5, 0.6) is 0 Å². The number of rotatable bonds is 6. The third-order valence-electron chi connectivity index (χ3n) is 3.59. The topological polar surface area (TPSA) is 316 Å². The monoisotopic (exact) mass is 601 g/mol. The minimum atomic E-state index is -5.85. The van der Waals surface area contributed by atoms with Crippen LogP contribution in [0, 0.1) is 0 Å². The van der Waals surface area contributed by atoms with Crippen LogP contribution in [0.15, 0.2) is 12.7 Å². The maximum absolute atomic E-state index is 10.3. The van der Waals surface area contributed by atoms with Gasteiger partial charge in [0.05, 0.1) is 20.8 Å². The zero-order chi connectivity index (χ0) is 24.5. The van der Waals surface area contributed by atoms with Crippen molar-refractivity contribution in [1.82, 2.24) is 19.5 Å². The Morgan fingerprint density at radius 3 is 2.12 bits per heavy atom. The zero-order valence-electron chi connectivity index (χ0n) is 17.3.